The number of amidine groups is 1. The highest BCUT2D eigenvalue weighted by Crippen LogP contribution is 2.54. The molecule has 1 fully saturated rings. The Balaban J connectivity index is 1.41. The number of nitrogens with two attached hydrogens (primary N) is 1. The molecule has 0 bridgehead atoms. The quantitative estimate of drug-likeness (QED) is 0.592. The zero-order valence-corrected chi connectivity index (χ0v) is 20.6. The lowest BCUT2D eigenvalue weighted by atomic mass is 9.67. The molecule has 6 nitrogen and oxygen atoms in total. The van der Waals surface area contributed by atoms with Crippen molar-refractivity contribution >= 4 is 50.4 Å². The number of amides is 1. The van der Waals surface area contributed by atoms with Gasteiger partial charge in [-0.1, -0.05) is 39.3 Å². The zero-order chi connectivity index (χ0) is 22.5. The third kappa shape index (κ3) is 3.76. The van der Waals surface area contributed by atoms with Gasteiger partial charge in [-0.15, -0.1) is 0 Å². The molecule has 1 unspecified atom stereocenters. The number of thioether (sulfide) groups is 1. The highest BCUT2D eigenvalue weighted by Gasteiger charge is 2.54. The third-order valence-corrected chi connectivity index (χ3v) is 8.36. The lowest BCUT2D eigenvalue weighted by molar-refractivity contribution is 0.0155. The van der Waals surface area contributed by atoms with Crippen LogP contribution < -0.4 is 20.5 Å². The van der Waals surface area contributed by atoms with Crippen molar-refractivity contribution < 1.29 is 14.3 Å². The Morgan fingerprint density at radius 3 is 2.94 bits per heavy atom. The van der Waals surface area contributed by atoms with Crippen molar-refractivity contribution in [1.82, 2.24) is 5.32 Å². The average Bonchev–Trinajstić information content (AvgIpc) is 3.17. The largest absolute Gasteiger partial charge is 0.495 e. The summed E-state index contributed by atoms with van der Waals surface area (Å²) in [5.74, 6) is 2.13. The van der Waals surface area contributed by atoms with Crippen molar-refractivity contribution in [1.29, 1.82) is 0 Å². The minimum atomic E-state index is -0.441. The maximum Gasteiger partial charge on any atom is 0.251 e. The second-order valence-corrected chi connectivity index (χ2v) is 10.7. The Kier molecular flexibility index (Phi) is 5.80. The second kappa shape index (κ2) is 8.47. The summed E-state index contributed by atoms with van der Waals surface area (Å²) in [7, 11) is 1.54. The number of hydrogen-bond donors (Lipinski definition) is 2. The molecule has 2 heterocycles. The van der Waals surface area contributed by atoms with Crippen LogP contribution in [0.15, 0.2) is 45.9 Å². The summed E-state index contributed by atoms with van der Waals surface area (Å²) >= 11 is 11.3. The number of nitrogens with zero attached hydrogens (tertiary/aromatic N) is 1. The highest BCUT2D eigenvalue weighted by atomic mass is 79.9. The topological polar surface area (TPSA) is 85.9 Å². The first-order valence-electron chi connectivity index (χ1n) is 10.5. The lowest BCUT2D eigenvalue weighted by Gasteiger charge is -2.48. The molecule has 4 atom stereocenters. The summed E-state index contributed by atoms with van der Waals surface area (Å²) in [4.78, 5) is 17.9. The Morgan fingerprint density at radius 1 is 1.34 bits per heavy atom. The molecule has 1 aliphatic carbocycles. The van der Waals surface area contributed by atoms with Crippen LogP contribution >= 0.6 is 39.3 Å². The first-order chi connectivity index (χ1) is 15.4. The van der Waals surface area contributed by atoms with Crippen LogP contribution in [0.25, 0.3) is 0 Å². The summed E-state index contributed by atoms with van der Waals surface area (Å²) in [5, 5.41) is 4.29. The van der Waals surface area contributed by atoms with Crippen LogP contribution in [0.3, 0.4) is 0 Å². The number of halogens is 2. The van der Waals surface area contributed by atoms with E-state index in [-0.39, 0.29) is 24.0 Å². The summed E-state index contributed by atoms with van der Waals surface area (Å²) in [6.07, 6.45) is 2.50. The van der Waals surface area contributed by atoms with Crippen LogP contribution in [0.5, 0.6) is 11.5 Å². The second-order valence-electron chi connectivity index (χ2n) is 8.40. The number of benzene rings is 2. The van der Waals surface area contributed by atoms with Gasteiger partial charge >= 0.3 is 0 Å². The van der Waals surface area contributed by atoms with E-state index in [1.807, 2.05) is 12.1 Å². The van der Waals surface area contributed by atoms with Crippen LogP contribution in [0.1, 0.15) is 35.2 Å². The van der Waals surface area contributed by atoms with Gasteiger partial charge in [0.25, 0.3) is 5.91 Å². The monoisotopic (exact) mass is 535 g/mol. The Morgan fingerprint density at radius 2 is 2.19 bits per heavy atom. The number of aliphatic imine (C=N–C) groups is 1. The number of hydrogen-bond acceptors (Lipinski definition) is 6. The van der Waals surface area contributed by atoms with Gasteiger partial charge in [-0.25, -0.2) is 4.99 Å². The Bertz CT molecular complexity index is 1110. The third-order valence-electron chi connectivity index (χ3n) is 6.58. The van der Waals surface area contributed by atoms with Crippen LogP contribution in [0.4, 0.5) is 0 Å². The minimum absolute atomic E-state index is 0.0154. The van der Waals surface area contributed by atoms with E-state index in [0.717, 1.165) is 40.8 Å². The molecule has 32 heavy (non-hydrogen) atoms. The summed E-state index contributed by atoms with van der Waals surface area (Å²) < 4.78 is 12.6. The molecule has 3 N–H and O–H groups in total. The fourth-order valence-electron chi connectivity index (χ4n) is 5.07. The number of methoxy groups -OCH3 is 1. The smallest absolute Gasteiger partial charge is 0.251 e. The summed E-state index contributed by atoms with van der Waals surface area (Å²) in [6, 6.07) is 11.2. The van der Waals surface area contributed by atoms with Crippen molar-refractivity contribution in [3.8, 4) is 11.5 Å². The van der Waals surface area contributed by atoms with E-state index in [4.69, 9.17) is 31.8 Å². The molecule has 0 radical (unpaired) electrons. The molecule has 9 heteroatoms. The molecule has 2 aromatic rings. The maximum atomic E-state index is 13.0. The summed E-state index contributed by atoms with van der Waals surface area (Å²) in [6.45, 7) is 0. The van der Waals surface area contributed by atoms with Crippen LogP contribution in [-0.2, 0) is 5.54 Å². The van der Waals surface area contributed by atoms with Gasteiger partial charge in [0, 0.05) is 33.3 Å². The molecule has 5 rings (SSSR count). The van der Waals surface area contributed by atoms with Crippen molar-refractivity contribution in [2.75, 3.05) is 12.9 Å². The fraction of sp³-hybridized carbons (Fsp3) is 0.391. The molecular formula is C23H23BrClN3O3S. The van der Waals surface area contributed by atoms with Crippen LogP contribution in [0, 0.1) is 5.92 Å². The van der Waals surface area contributed by atoms with Crippen molar-refractivity contribution in [3.63, 3.8) is 0 Å². The summed E-state index contributed by atoms with van der Waals surface area (Å²) in [5.41, 5.74) is 7.30. The first kappa shape index (κ1) is 21.9. The predicted octanol–water partition coefficient (Wildman–Crippen LogP) is 4.73. The maximum absolute atomic E-state index is 13.0. The number of carbonyl (C=O) groups excluding carboxylic acids is 1. The Hall–Kier alpha value is -1.90. The molecule has 0 saturated heterocycles. The van der Waals surface area contributed by atoms with E-state index in [9.17, 15) is 4.79 Å². The standard InChI is InChI=1S/C23H23BrClN3O3S/c1-30-20-8-12(2-5-17(20)25)21(29)27-14-4-7-19-16(10-14)23(11-32-22(26)28-23)15-9-13(24)3-6-18(15)31-19/h2-3,5-6,8-9,14,16,19H,4,7,10-11H2,1H3,(H2,26,28)(H,27,29)/t14-,16+,19+,23?/m1/s1. The van der Waals surface area contributed by atoms with Crippen molar-refractivity contribution in [2.24, 2.45) is 16.6 Å². The normalized spacial score (nSPS) is 28.3. The molecule has 0 aromatic heterocycles. The van der Waals surface area contributed by atoms with Gasteiger partial charge in [0.15, 0.2) is 5.17 Å². The molecule has 1 saturated carbocycles. The number of fused-ring (bicyclic) bond motifs is 4. The van der Waals surface area contributed by atoms with Crippen LogP contribution in [0.2, 0.25) is 5.02 Å². The molecule has 3 aliphatic rings. The molecule has 168 valence electrons. The van der Waals surface area contributed by atoms with E-state index in [1.54, 1.807) is 30.0 Å². The van der Waals surface area contributed by atoms with Gasteiger partial charge in [-0.2, -0.15) is 0 Å². The molecule has 1 amide bonds. The van der Waals surface area contributed by atoms with E-state index < -0.39 is 5.54 Å². The van der Waals surface area contributed by atoms with E-state index >= 15 is 0 Å². The predicted molar refractivity (Wildman–Crippen MR) is 131 cm³/mol. The highest BCUT2D eigenvalue weighted by molar-refractivity contribution is 9.10. The van der Waals surface area contributed by atoms with E-state index in [2.05, 4.69) is 27.3 Å². The number of rotatable bonds is 3. The van der Waals surface area contributed by atoms with E-state index in [1.165, 1.54) is 7.11 Å². The molecule has 2 aromatic carbocycles. The molecular weight excluding hydrogens is 514 g/mol. The van der Waals surface area contributed by atoms with Gasteiger partial charge < -0.3 is 20.5 Å². The SMILES string of the molecule is COc1cc(C(=O)N[C@@H]2CC[C@@H]3Oc4ccc(Br)cc4C4(CSC(N)=N4)[C@H]3C2)ccc1Cl. The number of ether oxygens (including phenoxy) is 2. The number of nitrogens with one attached hydrogen (secondary N) is 1. The zero-order valence-electron chi connectivity index (χ0n) is 17.4. The Labute approximate surface area is 204 Å². The minimum Gasteiger partial charge on any atom is -0.495 e. The van der Waals surface area contributed by atoms with Crippen molar-refractivity contribution in [3.05, 3.63) is 57.0 Å². The fourth-order valence-corrected chi connectivity index (χ4v) is 6.65. The van der Waals surface area contributed by atoms with Gasteiger partial charge in [-0.3, -0.25) is 4.79 Å². The number of carbonyl (C=O) groups is 1. The van der Waals surface area contributed by atoms with Crippen molar-refractivity contribution in [2.45, 2.75) is 36.9 Å². The van der Waals surface area contributed by atoms with Gasteiger partial charge in [0.1, 0.15) is 23.1 Å². The molecule has 1 spiro atoms. The first-order valence-corrected chi connectivity index (χ1v) is 12.6. The van der Waals surface area contributed by atoms with E-state index in [0.29, 0.717) is 21.5 Å². The average molecular weight is 537 g/mol. The lowest BCUT2D eigenvalue weighted by Crippen LogP contribution is -2.54. The van der Waals surface area contributed by atoms with Gasteiger partial charge in [0.2, 0.25) is 0 Å². The van der Waals surface area contributed by atoms with Gasteiger partial charge in [0.05, 0.1) is 12.1 Å². The van der Waals surface area contributed by atoms with Gasteiger partial charge in [-0.05, 0) is 55.7 Å². The molecule has 2 aliphatic heterocycles. The van der Waals surface area contributed by atoms with Crippen LogP contribution in [-0.4, -0.2) is 36.1 Å².